The van der Waals surface area contributed by atoms with Crippen LogP contribution in [0.2, 0.25) is 0 Å². The van der Waals surface area contributed by atoms with E-state index in [0.29, 0.717) is 0 Å². The Kier molecular flexibility index (Phi) is 4.24. The molecule has 4 nitrogen and oxygen atoms in total. The molecule has 0 aliphatic carbocycles. The van der Waals surface area contributed by atoms with Gasteiger partial charge in [-0.05, 0) is 66.7 Å². The quantitative estimate of drug-likeness (QED) is 0.710. The molecule has 3 heterocycles. The maximum Gasteiger partial charge on any atom is 0.174 e. The number of rotatable bonds is 2. The standard InChI is InChI=1S/C20H20N4S/c1-15-4-2-5-17(14-15)22-20(25)24-13-12-23-11-3-6-18(23)19(24)16-7-9-21-10-8-16/h2-11,14,19H,12-13H2,1H3,(H,22,25)/t19-/m1/s1. The van der Waals surface area contributed by atoms with Gasteiger partial charge in [0.15, 0.2) is 5.11 Å². The lowest BCUT2D eigenvalue weighted by atomic mass is 10.0. The molecule has 4 rings (SSSR count). The number of nitrogens with zero attached hydrogens (tertiary/aromatic N) is 3. The minimum atomic E-state index is 0.0940. The Morgan fingerprint density at radius 2 is 1.96 bits per heavy atom. The van der Waals surface area contributed by atoms with Crippen molar-refractivity contribution in [2.75, 3.05) is 11.9 Å². The molecule has 1 N–H and O–H groups in total. The van der Waals surface area contributed by atoms with Gasteiger partial charge in [0.25, 0.3) is 0 Å². The van der Waals surface area contributed by atoms with Crippen LogP contribution >= 0.6 is 12.2 Å². The zero-order valence-electron chi connectivity index (χ0n) is 14.1. The molecule has 1 aliphatic rings. The average Bonchev–Trinajstić information content (AvgIpc) is 3.10. The number of pyridine rings is 1. The molecule has 0 saturated heterocycles. The molecule has 0 saturated carbocycles. The van der Waals surface area contributed by atoms with Crippen LogP contribution in [-0.4, -0.2) is 26.1 Å². The summed E-state index contributed by atoms with van der Waals surface area (Å²) in [5, 5.41) is 4.16. The summed E-state index contributed by atoms with van der Waals surface area (Å²) >= 11 is 5.77. The molecule has 3 aromatic rings. The van der Waals surface area contributed by atoms with Crippen molar-refractivity contribution in [2.24, 2.45) is 0 Å². The van der Waals surface area contributed by atoms with Gasteiger partial charge in [-0.25, -0.2) is 0 Å². The van der Waals surface area contributed by atoms with Gasteiger partial charge in [0.2, 0.25) is 0 Å². The lowest BCUT2D eigenvalue weighted by Gasteiger charge is -2.39. The van der Waals surface area contributed by atoms with Crippen LogP contribution in [-0.2, 0) is 6.54 Å². The largest absolute Gasteiger partial charge is 0.348 e. The summed E-state index contributed by atoms with van der Waals surface area (Å²) in [6, 6.07) is 16.8. The van der Waals surface area contributed by atoms with Gasteiger partial charge < -0.3 is 14.8 Å². The molecule has 0 radical (unpaired) electrons. The zero-order valence-corrected chi connectivity index (χ0v) is 14.9. The normalized spacial score (nSPS) is 16.4. The topological polar surface area (TPSA) is 33.1 Å². The molecule has 5 heteroatoms. The van der Waals surface area contributed by atoms with E-state index < -0.39 is 0 Å². The van der Waals surface area contributed by atoms with Crippen molar-refractivity contribution in [3.8, 4) is 0 Å². The van der Waals surface area contributed by atoms with E-state index in [9.17, 15) is 0 Å². The Morgan fingerprint density at radius 3 is 2.76 bits per heavy atom. The van der Waals surface area contributed by atoms with Gasteiger partial charge in [-0.3, -0.25) is 4.98 Å². The third kappa shape index (κ3) is 3.15. The van der Waals surface area contributed by atoms with Gasteiger partial charge in [0.1, 0.15) is 0 Å². The van der Waals surface area contributed by atoms with Crippen molar-refractivity contribution in [1.29, 1.82) is 0 Å². The van der Waals surface area contributed by atoms with E-state index in [4.69, 9.17) is 12.2 Å². The summed E-state index contributed by atoms with van der Waals surface area (Å²) in [4.78, 5) is 6.42. The summed E-state index contributed by atoms with van der Waals surface area (Å²) in [6.07, 6.45) is 5.82. The first-order valence-electron chi connectivity index (χ1n) is 8.41. The number of anilines is 1. The third-order valence-electron chi connectivity index (χ3n) is 4.59. The van der Waals surface area contributed by atoms with E-state index in [1.807, 2.05) is 24.5 Å². The van der Waals surface area contributed by atoms with E-state index in [1.54, 1.807) is 0 Å². The first-order valence-corrected chi connectivity index (χ1v) is 8.82. The number of nitrogens with one attached hydrogen (secondary N) is 1. The van der Waals surface area contributed by atoms with Crippen LogP contribution in [0.4, 0.5) is 5.69 Å². The zero-order chi connectivity index (χ0) is 17.2. The van der Waals surface area contributed by atoms with Gasteiger partial charge in [-0.2, -0.15) is 0 Å². The van der Waals surface area contributed by atoms with Crippen LogP contribution in [0, 0.1) is 6.92 Å². The lowest BCUT2D eigenvalue weighted by Crippen LogP contribution is -2.44. The number of thiocarbonyl (C=S) groups is 1. The van der Waals surface area contributed by atoms with Crippen LogP contribution in [0.3, 0.4) is 0 Å². The van der Waals surface area contributed by atoms with Crippen molar-refractivity contribution < 1.29 is 0 Å². The number of hydrogen-bond donors (Lipinski definition) is 1. The highest BCUT2D eigenvalue weighted by Crippen LogP contribution is 2.32. The molecule has 0 spiro atoms. The highest BCUT2D eigenvalue weighted by atomic mass is 32.1. The van der Waals surface area contributed by atoms with Crippen molar-refractivity contribution in [3.05, 3.63) is 83.9 Å². The second-order valence-electron chi connectivity index (χ2n) is 6.30. The van der Waals surface area contributed by atoms with E-state index in [0.717, 1.165) is 23.9 Å². The minimum absolute atomic E-state index is 0.0940. The predicted molar refractivity (Wildman–Crippen MR) is 105 cm³/mol. The fourth-order valence-corrected chi connectivity index (χ4v) is 3.73. The molecule has 126 valence electrons. The molecule has 1 aliphatic heterocycles. The monoisotopic (exact) mass is 348 g/mol. The Bertz CT molecular complexity index is 887. The summed E-state index contributed by atoms with van der Waals surface area (Å²) in [5.41, 5.74) is 4.69. The minimum Gasteiger partial charge on any atom is -0.348 e. The number of benzene rings is 1. The first-order chi connectivity index (χ1) is 12.2. The number of hydrogen-bond acceptors (Lipinski definition) is 2. The summed E-state index contributed by atoms with van der Waals surface area (Å²) in [5.74, 6) is 0. The van der Waals surface area contributed by atoms with E-state index in [-0.39, 0.29) is 6.04 Å². The molecule has 0 unspecified atom stereocenters. The van der Waals surface area contributed by atoms with Gasteiger partial charge in [-0.1, -0.05) is 12.1 Å². The molecule has 25 heavy (non-hydrogen) atoms. The fourth-order valence-electron chi connectivity index (χ4n) is 3.42. The summed E-state index contributed by atoms with van der Waals surface area (Å²) < 4.78 is 2.30. The van der Waals surface area contributed by atoms with E-state index >= 15 is 0 Å². The number of aromatic nitrogens is 2. The van der Waals surface area contributed by atoms with Crippen LogP contribution in [0.25, 0.3) is 0 Å². The Morgan fingerprint density at radius 1 is 1.12 bits per heavy atom. The highest BCUT2D eigenvalue weighted by Gasteiger charge is 2.30. The molecular formula is C20H20N4S. The average molecular weight is 348 g/mol. The molecule has 1 aromatic carbocycles. The summed E-state index contributed by atoms with van der Waals surface area (Å²) in [7, 11) is 0. The van der Waals surface area contributed by atoms with Gasteiger partial charge in [0, 0.05) is 43.1 Å². The maximum atomic E-state index is 5.77. The molecule has 1 atom stereocenters. The van der Waals surface area contributed by atoms with Crippen LogP contribution in [0.15, 0.2) is 67.1 Å². The maximum absolute atomic E-state index is 5.77. The first kappa shape index (κ1) is 15.8. The molecule has 0 fully saturated rings. The molecular weight excluding hydrogens is 328 g/mol. The Labute approximate surface area is 153 Å². The lowest BCUT2D eigenvalue weighted by molar-refractivity contribution is 0.293. The smallest absolute Gasteiger partial charge is 0.174 e. The Hall–Kier alpha value is -2.66. The Balaban J connectivity index is 1.66. The molecule has 0 bridgehead atoms. The number of aryl methyl sites for hydroxylation is 1. The van der Waals surface area contributed by atoms with Crippen molar-refractivity contribution in [3.63, 3.8) is 0 Å². The van der Waals surface area contributed by atoms with Gasteiger partial charge >= 0.3 is 0 Å². The fraction of sp³-hybridized carbons (Fsp3) is 0.200. The van der Waals surface area contributed by atoms with Crippen LogP contribution in [0.5, 0.6) is 0 Å². The van der Waals surface area contributed by atoms with Crippen molar-refractivity contribution in [2.45, 2.75) is 19.5 Å². The number of fused-ring (bicyclic) bond motifs is 1. The van der Waals surface area contributed by atoms with Gasteiger partial charge in [-0.15, -0.1) is 0 Å². The van der Waals surface area contributed by atoms with E-state index in [2.05, 4.69) is 69.3 Å². The highest BCUT2D eigenvalue weighted by molar-refractivity contribution is 7.80. The second-order valence-corrected chi connectivity index (χ2v) is 6.69. The third-order valence-corrected chi connectivity index (χ3v) is 4.93. The summed E-state index contributed by atoms with van der Waals surface area (Å²) in [6.45, 7) is 3.88. The van der Waals surface area contributed by atoms with E-state index in [1.165, 1.54) is 16.8 Å². The molecule has 2 aromatic heterocycles. The predicted octanol–water partition coefficient (Wildman–Crippen LogP) is 3.99. The van der Waals surface area contributed by atoms with Crippen molar-refractivity contribution >= 4 is 23.0 Å². The van der Waals surface area contributed by atoms with Crippen LogP contribution < -0.4 is 5.32 Å². The SMILES string of the molecule is Cc1cccc(NC(=S)N2CCn3cccc3[C@H]2c2ccncc2)c1. The second kappa shape index (κ2) is 6.69. The van der Waals surface area contributed by atoms with Gasteiger partial charge in [0.05, 0.1) is 6.04 Å². The van der Waals surface area contributed by atoms with Crippen LogP contribution in [0.1, 0.15) is 22.9 Å². The molecule has 0 amide bonds. The van der Waals surface area contributed by atoms with Crippen molar-refractivity contribution in [1.82, 2.24) is 14.5 Å².